The van der Waals surface area contributed by atoms with Crippen molar-refractivity contribution in [2.24, 2.45) is 0 Å². The highest BCUT2D eigenvalue weighted by Gasteiger charge is 2.42. The molecule has 2 N–H and O–H groups in total. The van der Waals surface area contributed by atoms with Gasteiger partial charge in [-0.25, -0.2) is 4.90 Å². The molecule has 29 heavy (non-hydrogen) atoms. The Morgan fingerprint density at radius 3 is 2.41 bits per heavy atom. The molecule has 2 amide bonds. The number of nitrogens with two attached hydrogens (primary N) is 1. The van der Waals surface area contributed by atoms with Gasteiger partial charge in [0.15, 0.2) is 17.5 Å². The first-order chi connectivity index (χ1) is 14.0. The fourth-order valence-corrected chi connectivity index (χ4v) is 3.53. The molecule has 1 aliphatic heterocycles. The van der Waals surface area contributed by atoms with Crippen LogP contribution in [0.4, 0.5) is 5.69 Å². The van der Waals surface area contributed by atoms with Crippen molar-refractivity contribution in [1.29, 1.82) is 0 Å². The molecule has 1 heterocycles. The second-order valence-electron chi connectivity index (χ2n) is 6.78. The van der Waals surface area contributed by atoms with Crippen molar-refractivity contribution in [3.8, 4) is 11.5 Å². The molecule has 1 aliphatic rings. The summed E-state index contributed by atoms with van der Waals surface area (Å²) in [7, 11) is 0. The number of carbonyl (C=O) groups excluding carboxylic acids is 2. The van der Waals surface area contributed by atoms with Crippen LogP contribution in [0.2, 0.25) is 5.02 Å². The van der Waals surface area contributed by atoms with Crippen molar-refractivity contribution in [2.75, 3.05) is 24.7 Å². The van der Waals surface area contributed by atoms with Crippen LogP contribution >= 0.6 is 11.6 Å². The van der Waals surface area contributed by atoms with Gasteiger partial charge in [-0.15, -0.1) is 0 Å². The van der Waals surface area contributed by atoms with Crippen LogP contribution in [-0.2, 0) is 16.0 Å². The molecule has 0 spiro atoms. The fourth-order valence-electron chi connectivity index (χ4n) is 3.40. The zero-order valence-electron chi connectivity index (χ0n) is 16.7. The third-order valence-corrected chi connectivity index (χ3v) is 5.01. The maximum atomic E-state index is 12.7. The number of carbonyl (C=O) groups is 2. The molecule has 0 saturated carbocycles. The van der Waals surface area contributed by atoms with E-state index in [-0.39, 0.29) is 18.2 Å². The van der Waals surface area contributed by atoms with E-state index in [1.807, 2.05) is 37.4 Å². The van der Waals surface area contributed by atoms with Gasteiger partial charge in [0.25, 0.3) is 5.91 Å². The Morgan fingerprint density at radius 2 is 1.72 bits per heavy atom. The lowest BCUT2D eigenvalue weighted by atomic mass is 10.1. The highest BCUT2D eigenvalue weighted by molar-refractivity contribution is 6.30. The number of rotatable bonds is 9. The van der Waals surface area contributed by atoms with Gasteiger partial charge >= 0.3 is 0 Å². The fraction of sp³-hybridized carbons (Fsp3) is 0.364. The number of hydrogen-bond donors (Lipinski definition) is 1. The van der Waals surface area contributed by atoms with E-state index in [4.69, 9.17) is 21.1 Å². The van der Waals surface area contributed by atoms with E-state index in [2.05, 4.69) is 0 Å². The number of nitrogens with zero attached hydrogens (tertiary/aromatic N) is 1. The van der Waals surface area contributed by atoms with E-state index in [9.17, 15) is 9.59 Å². The maximum absolute atomic E-state index is 12.7. The monoisotopic (exact) mass is 417 g/mol. The molecule has 0 bridgehead atoms. The Balaban J connectivity index is 1.59. The molecule has 2 aromatic carbocycles. The Kier molecular flexibility index (Phi) is 7.12. The Morgan fingerprint density at radius 1 is 1.03 bits per heavy atom. The van der Waals surface area contributed by atoms with Crippen molar-refractivity contribution >= 4 is 29.1 Å². The first-order valence-corrected chi connectivity index (χ1v) is 10.3. The summed E-state index contributed by atoms with van der Waals surface area (Å²) in [5.74, 6) is 1.10. The first kappa shape index (κ1) is 21.1. The van der Waals surface area contributed by atoms with E-state index < -0.39 is 6.04 Å². The second kappa shape index (κ2) is 9.76. The average Bonchev–Trinajstić information content (AvgIpc) is 2.98. The van der Waals surface area contributed by atoms with Gasteiger partial charge in [-0.3, -0.25) is 9.59 Å². The van der Waals surface area contributed by atoms with E-state index in [0.717, 1.165) is 23.5 Å². The zero-order valence-corrected chi connectivity index (χ0v) is 17.4. The van der Waals surface area contributed by atoms with Gasteiger partial charge in [-0.2, -0.15) is 0 Å². The minimum absolute atomic E-state index is 0.181. The Hall–Kier alpha value is -2.57. The van der Waals surface area contributed by atoms with Gasteiger partial charge in [-0.05, 0) is 55.8 Å². The summed E-state index contributed by atoms with van der Waals surface area (Å²) in [5, 5.41) is 2.50. The molecule has 0 unspecified atom stereocenters. The van der Waals surface area contributed by atoms with E-state index in [0.29, 0.717) is 30.5 Å². The number of hydrogen-bond acceptors (Lipinski definition) is 4. The predicted octanol–water partition coefficient (Wildman–Crippen LogP) is 2.58. The van der Waals surface area contributed by atoms with Crippen LogP contribution < -0.4 is 19.7 Å². The SMILES string of the molecule is CCOc1ccc(CC[NH2+][C@H]2CC(=O)N(c3ccc(Cl)cc3)C2=O)cc1OCC. The molecule has 154 valence electrons. The number of ether oxygens (including phenoxy) is 2. The molecule has 3 rings (SSSR count). The Labute approximate surface area is 175 Å². The van der Waals surface area contributed by atoms with E-state index in [1.165, 1.54) is 4.90 Å². The number of anilines is 1. The summed E-state index contributed by atoms with van der Waals surface area (Å²) < 4.78 is 11.3. The lowest BCUT2D eigenvalue weighted by Gasteiger charge is -2.14. The molecule has 0 aliphatic carbocycles. The average molecular weight is 418 g/mol. The zero-order chi connectivity index (χ0) is 20.8. The number of benzene rings is 2. The number of quaternary nitrogens is 1. The molecule has 2 aromatic rings. The van der Waals surface area contributed by atoms with E-state index in [1.54, 1.807) is 24.3 Å². The third-order valence-electron chi connectivity index (χ3n) is 4.76. The molecule has 6 nitrogen and oxygen atoms in total. The van der Waals surface area contributed by atoms with Crippen LogP contribution in [0.15, 0.2) is 42.5 Å². The van der Waals surface area contributed by atoms with Crippen LogP contribution in [0.25, 0.3) is 0 Å². The smallest absolute Gasteiger partial charge is 0.292 e. The molecular formula is C22H26ClN2O4+. The van der Waals surface area contributed by atoms with Crippen LogP contribution in [0.3, 0.4) is 0 Å². The number of imide groups is 1. The molecule has 1 atom stereocenters. The summed E-state index contributed by atoms with van der Waals surface area (Å²) in [6.45, 7) is 5.71. The molecule has 1 fully saturated rings. The van der Waals surface area contributed by atoms with E-state index >= 15 is 0 Å². The van der Waals surface area contributed by atoms with Gasteiger partial charge in [-0.1, -0.05) is 17.7 Å². The highest BCUT2D eigenvalue weighted by Crippen LogP contribution is 2.28. The van der Waals surface area contributed by atoms with Crippen molar-refractivity contribution in [3.05, 3.63) is 53.1 Å². The molecule has 7 heteroatoms. The highest BCUT2D eigenvalue weighted by atomic mass is 35.5. The number of amides is 2. The van der Waals surface area contributed by atoms with Crippen LogP contribution in [0, 0.1) is 0 Å². The summed E-state index contributed by atoms with van der Waals surface area (Å²) >= 11 is 5.89. The summed E-state index contributed by atoms with van der Waals surface area (Å²) in [6, 6.07) is 12.2. The normalized spacial score (nSPS) is 16.4. The quantitative estimate of drug-likeness (QED) is 0.636. The van der Waals surface area contributed by atoms with Crippen LogP contribution in [0.1, 0.15) is 25.8 Å². The van der Waals surface area contributed by atoms with Gasteiger partial charge < -0.3 is 14.8 Å². The lowest BCUT2D eigenvalue weighted by Crippen LogP contribution is -2.92. The van der Waals surface area contributed by atoms with Crippen LogP contribution in [-0.4, -0.2) is 37.6 Å². The topological polar surface area (TPSA) is 72.5 Å². The maximum Gasteiger partial charge on any atom is 0.292 e. The third kappa shape index (κ3) is 5.08. The molecule has 0 radical (unpaired) electrons. The molecule has 1 saturated heterocycles. The van der Waals surface area contributed by atoms with Crippen molar-refractivity contribution < 1.29 is 24.4 Å². The predicted molar refractivity (Wildman–Crippen MR) is 112 cm³/mol. The second-order valence-corrected chi connectivity index (χ2v) is 7.21. The first-order valence-electron chi connectivity index (χ1n) is 9.87. The Bertz CT molecular complexity index is 870. The van der Waals surface area contributed by atoms with Crippen molar-refractivity contribution in [2.45, 2.75) is 32.7 Å². The largest absolute Gasteiger partial charge is 0.490 e. The van der Waals surface area contributed by atoms with Crippen molar-refractivity contribution in [1.82, 2.24) is 0 Å². The number of halogens is 1. The standard InChI is InChI=1S/C22H25ClN2O4/c1-3-28-19-10-5-15(13-20(19)29-4-2)11-12-24-18-14-21(26)25(22(18)27)17-8-6-16(23)7-9-17/h5-10,13,18,24H,3-4,11-12,14H2,1-2H3/p+1/t18-/m0/s1. The summed E-state index contributed by atoms with van der Waals surface area (Å²) in [5.41, 5.74) is 1.66. The van der Waals surface area contributed by atoms with Gasteiger partial charge in [0, 0.05) is 11.4 Å². The molecular weight excluding hydrogens is 392 g/mol. The minimum atomic E-state index is -0.396. The lowest BCUT2D eigenvalue weighted by molar-refractivity contribution is -0.674. The summed E-state index contributed by atoms with van der Waals surface area (Å²) in [4.78, 5) is 26.3. The molecule has 0 aromatic heterocycles. The van der Waals surface area contributed by atoms with Gasteiger partial charge in [0.1, 0.15) is 0 Å². The van der Waals surface area contributed by atoms with Gasteiger partial charge in [0.2, 0.25) is 5.91 Å². The van der Waals surface area contributed by atoms with Crippen molar-refractivity contribution in [3.63, 3.8) is 0 Å². The summed E-state index contributed by atoms with van der Waals surface area (Å²) in [6.07, 6.45) is 0.959. The minimum Gasteiger partial charge on any atom is -0.490 e. The van der Waals surface area contributed by atoms with Crippen LogP contribution in [0.5, 0.6) is 11.5 Å². The van der Waals surface area contributed by atoms with Gasteiger partial charge in [0.05, 0.1) is 31.9 Å².